The largest absolute Gasteiger partial charge is 0.366 e. The number of carbonyl (C=O) groups excluding carboxylic acids is 1. The van der Waals surface area contributed by atoms with Crippen LogP contribution in [0.15, 0.2) is 66.7 Å². The van der Waals surface area contributed by atoms with Crippen molar-refractivity contribution in [3.05, 3.63) is 88.0 Å². The van der Waals surface area contributed by atoms with Gasteiger partial charge >= 0.3 is 0 Å². The average molecular weight is 402 g/mol. The van der Waals surface area contributed by atoms with Gasteiger partial charge in [0.1, 0.15) is 5.82 Å². The third kappa shape index (κ3) is 4.46. The fourth-order valence-electron chi connectivity index (χ4n) is 3.63. The van der Waals surface area contributed by atoms with Crippen molar-refractivity contribution in [1.82, 2.24) is 9.88 Å². The second-order valence-corrected chi connectivity index (χ2v) is 7.28. The van der Waals surface area contributed by atoms with E-state index in [9.17, 15) is 14.9 Å². The monoisotopic (exact) mass is 402 g/mol. The lowest BCUT2D eigenvalue weighted by Gasteiger charge is -2.16. The molecular formula is C23H22N4O3. The first-order chi connectivity index (χ1) is 14.6. The minimum absolute atomic E-state index is 0.0240. The van der Waals surface area contributed by atoms with Crippen LogP contribution in [-0.2, 0) is 17.9 Å². The second-order valence-electron chi connectivity index (χ2n) is 7.28. The third-order valence-corrected chi connectivity index (χ3v) is 5.13. The molecule has 3 aromatic rings. The van der Waals surface area contributed by atoms with Crippen LogP contribution in [0.3, 0.4) is 0 Å². The van der Waals surface area contributed by atoms with Crippen molar-refractivity contribution in [2.24, 2.45) is 0 Å². The molecule has 4 rings (SSSR count). The first-order valence-electron chi connectivity index (χ1n) is 9.90. The molecule has 2 heterocycles. The molecule has 0 saturated carbocycles. The van der Waals surface area contributed by atoms with Crippen LogP contribution < -0.4 is 5.32 Å². The average Bonchev–Trinajstić information content (AvgIpc) is 3.17. The van der Waals surface area contributed by atoms with Gasteiger partial charge in [0.2, 0.25) is 5.91 Å². The summed E-state index contributed by atoms with van der Waals surface area (Å²) in [4.78, 5) is 29.2. The van der Waals surface area contributed by atoms with Crippen LogP contribution in [0.4, 0.5) is 11.5 Å². The molecule has 7 heteroatoms. The summed E-state index contributed by atoms with van der Waals surface area (Å²) < 4.78 is 0. The zero-order valence-electron chi connectivity index (χ0n) is 16.5. The number of nitrogens with one attached hydrogen (secondary N) is 1. The van der Waals surface area contributed by atoms with Crippen LogP contribution >= 0.6 is 0 Å². The van der Waals surface area contributed by atoms with Crippen LogP contribution in [-0.4, -0.2) is 27.3 Å². The van der Waals surface area contributed by atoms with Gasteiger partial charge < -0.3 is 10.2 Å². The van der Waals surface area contributed by atoms with Crippen molar-refractivity contribution in [2.75, 3.05) is 11.9 Å². The highest BCUT2D eigenvalue weighted by Gasteiger charge is 2.20. The van der Waals surface area contributed by atoms with E-state index in [2.05, 4.69) is 16.4 Å². The number of nitrogens with zero attached hydrogens (tertiary/aromatic N) is 3. The van der Waals surface area contributed by atoms with E-state index in [0.29, 0.717) is 36.6 Å². The zero-order chi connectivity index (χ0) is 20.9. The minimum atomic E-state index is -0.414. The van der Waals surface area contributed by atoms with E-state index in [0.717, 1.165) is 24.1 Å². The highest BCUT2D eigenvalue weighted by atomic mass is 16.6. The molecule has 0 unspecified atom stereocenters. The van der Waals surface area contributed by atoms with Crippen LogP contribution in [0, 0.1) is 10.1 Å². The summed E-state index contributed by atoms with van der Waals surface area (Å²) in [6.45, 7) is 1.97. The molecule has 1 amide bonds. The Morgan fingerprint density at radius 3 is 2.57 bits per heavy atom. The predicted molar refractivity (Wildman–Crippen MR) is 115 cm³/mol. The summed E-state index contributed by atoms with van der Waals surface area (Å²) in [5, 5.41) is 14.7. The number of aromatic nitrogens is 1. The Morgan fingerprint density at radius 2 is 1.83 bits per heavy atom. The fourth-order valence-corrected chi connectivity index (χ4v) is 3.63. The Morgan fingerprint density at radius 1 is 1.03 bits per heavy atom. The van der Waals surface area contributed by atoms with Gasteiger partial charge in [0.05, 0.1) is 4.92 Å². The number of likely N-dealkylation sites (tertiary alicyclic amines) is 1. The summed E-state index contributed by atoms with van der Waals surface area (Å²) in [7, 11) is 0. The lowest BCUT2D eigenvalue weighted by Crippen LogP contribution is -2.23. The number of rotatable bonds is 7. The Bertz CT molecular complexity index is 1070. The summed E-state index contributed by atoms with van der Waals surface area (Å²) in [5.41, 5.74) is 3.16. The number of nitro groups is 1. The highest BCUT2D eigenvalue weighted by molar-refractivity contribution is 5.78. The summed E-state index contributed by atoms with van der Waals surface area (Å²) >= 11 is 0. The number of hydrogen-bond acceptors (Lipinski definition) is 5. The lowest BCUT2D eigenvalue weighted by atomic mass is 10.1. The molecule has 1 aliphatic heterocycles. The van der Waals surface area contributed by atoms with Gasteiger partial charge in [-0.3, -0.25) is 14.9 Å². The maximum Gasteiger partial charge on any atom is 0.295 e. The lowest BCUT2D eigenvalue weighted by molar-refractivity contribution is -0.384. The van der Waals surface area contributed by atoms with Crippen LogP contribution in [0.25, 0.3) is 11.3 Å². The number of benzene rings is 2. The van der Waals surface area contributed by atoms with Gasteiger partial charge in [0.15, 0.2) is 5.69 Å². The van der Waals surface area contributed by atoms with E-state index in [1.165, 1.54) is 6.07 Å². The number of amides is 1. The first kappa shape index (κ1) is 19.6. The Labute approximate surface area is 174 Å². The van der Waals surface area contributed by atoms with E-state index in [1.807, 2.05) is 53.4 Å². The Hall–Kier alpha value is -3.74. The van der Waals surface area contributed by atoms with Crippen molar-refractivity contribution < 1.29 is 9.72 Å². The van der Waals surface area contributed by atoms with E-state index < -0.39 is 4.92 Å². The summed E-state index contributed by atoms with van der Waals surface area (Å²) in [6.07, 6.45) is 1.56. The quantitative estimate of drug-likeness (QED) is 0.468. The molecule has 0 bridgehead atoms. The van der Waals surface area contributed by atoms with Crippen LogP contribution in [0.2, 0.25) is 0 Å². The molecule has 0 atom stereocenters. The van der Waals surface area contributed by atoms with Crippen molar-refractivity contribution in [1.29, 1.82) is 0 Å². The SMILES string of the molecule is O=C1CCCN1Cc1cccc(CNc2ccc([N+](=O)[O-])c(-c3ccccc3)n2)c1. The van der Waals surface area contributed by atoms with E-state index >= 15 is 0 Å². The molecular weight excluding hydrogens is 380 g/mol. The van der Waals surface area contributed by atoms with Gasteiger partial charge in [0, 0.05) is 37.7 Å². The molecule has 1 fully saturated rings. The van der Waals surface area contributed by atoms with Gasteiger partial charge in [-0.05, 0) is 23.6 Å². The maximum absolute atomic E-state index is 11.9. The standard InChI is InChI=1S/C23H22N4O3/c28-22-10-5-13-26(22)16-18-7-4-6-17(14-18)15-24-21-12-11-20(27(29)30)23(25-21)19-8-2-1-3-9-19/h1-4,6-9,11-12,14H,5,10,13,15-16H2,(H,24,25). The number of anilines is 1. The smallest absolute Gasteiger partial charge is 0.295 e. The molecule has 1 aromatic heterocycles. The fraction of sp³-hybridized carbons (Fsp3) is 0.217. The highest BCUT2D eigenvalue weighted by Crippen LogP contribution is 2.29. The van der Waals surface area contributed by atoms with Crippen molar-refractivity contribution >= 4 is 17.4 Å². The van der Waals surface area contributed by atoms with Crippen LogP contribution in [0.1, 0.15) is 24.0 Å². The molecule has 1 aliphatic rings. The van der Waals surface area contributed by atoms with E-state index in [1.54, 1.807) is 6.07 Å². The Balaban J connectivity index is 1.49. The van der Waals surface area contributed by atoms with Crippen molar-refractivity contribution in [3.8, 4) is 11.3 Å². The molecule has 30 heavy (non-hydrogen) atoms. The zero-order valence-corrected chi connectivity index (χ0v) is 16.5. The van der Waals surface area contributed by atoms with Gasteiger partial charge in [-0.15, -0.1) is 0 Å². The number of pyridine rings is 1. The minimum Gasteiger partial charge on any atom is -0.366 e. The Kier molecular flexibility index (Phi) is 5.70. The van der Waals surface area contributed by atoms with Crippen molar-refractivity contribution in [2.45, 2.75) is 25.9 Å². The topological polar surface area (TPSA) is 88.4 Å². The van der Waals surface area contributed by atoms with Gasteiger partial charge in [-0.25, -0.2) is 4.98 Å². The van der Waals surface area contributed by atoms with Gasteiger partial charge in [0.25, 0.3) is 5.69 Å². The summed E-state index contributed by atoms with van der Waals surface area (Å²) in [5.74, 6) is 0.779. The number of hydrogen-bond donors (Lipinski definition) is 1. The molecule has 1 saturated heterocycles. The van der Waals surface area contributed by atoms with Gasteiger partial charge in [-0.2, -0.15) is 0 Å². The van der Waals surface area contributed by atoms with Crippen molar-refractivity contribution in [3.63, 3.8) is 0 Å². The van der Waals surface area contributed by atoms with Crippen LogP contribution in [0.5, 0.6) is 0 Å². The molecule has 0 aliphatic carbocycles. The van der Waals surface area contributed by atoms with Gasteiger partial charge in [-0.1, -0.05) is 54.6 Å². The predicted octanol–water partition coefficient (Wildman–Crippen LogP) is 4.39. The molecule has 2 aromatic carbocycles. The van der Waals surface area contributed by atoms with E-state index in [-0.39, 0.29) is 11.6 Å². The summed E-state index contributed by atoms with van der Waals surface area (Å²) in [6, 6.07) is 20.3. The normalized spacial score (nSPS) is 13.5. The van der Waals surface area contributed by atoms with E-state index in [4.69, 9.17) is 0 Å². The third-order valence-electron chi connectivity index (χ3n) is 5.13. The number of carbonyl (C=O) groups is 1. The molecule has 0 spiro atoms. The molecule has 1 N–H and O–H groups in total. The maximum atomic E-state index is 11.9. The second kappa shape index (κ2) is 8.73. The first-order valence-corrected chi connectivity index (χ1v) is 9.90. The molecule has 0 radical (unpaired) electrons. The molecule has 152 valence electrons. The molecule has 7 nitrogen and oxygen atoms in total.